The molecule has 0 aromatic carbocycles. The normalized spacial score (nSPS) is 29.2. The van der Waals surface area contributed by atoms with E-state index in [1.165, 1.54) is 32.1 Å². The van der Waals surface area contributed by atoms with Crippen LogP contribution in [-0.4, -0.2) is 30.5 Å². The molecule has 3 rings (SSSR count). The Kier molecular flexibility index (Phi) is 4.87. The maximum atomic E-state index is 6.40. The molecular weight excluding hydrogens is 286 g/mol. The lowest BCUT2D eigenvalue weighted by Gasteiger charge is -2.27. The Hall–Kier alpha value is -0.580. The number of nitrogens with zero attached hydrogens (tertiary/aromatic N) is 2. The summed E-state index contributed by atoms with van der Waals surface area (Å²) in [6.45, 7) is 1.42. The number of rotatable bonds is 7. The van der Waals surface area contributed by atoms with Gasteiger partial charge in [0, 0.05) is 7.11 Å². The quantitative estimate of drug-likeness (QED) is 0.840. The average Bonchev–Trinajstić information content (AvgIpc) is 3.18. The molecule has 2 fully saturated rings. The van der Waals surface area contributed by atoms with E-state index >= 15 is 0 Å². The molecule has 0 spiro atoms. The smallest absolute Gasteiger partial charge is 0.0834 e. The van der Waals surface area contributed by atoms with Crippen LogP contribution < -0.4 is 5.32 Å². The summed E-state index contributed by atoms with van der Waals surface area (Å²) < 4.78 is 7.17. The number of nitrogens with one attached hydrogen (secondary N) is 1. The molecule has 0 aliphatic heterocycles. The second kappa shape index (κ2) is 6.67. The minimum absolute atomic E-state index is 0.293. The summed E-state index contributed by atoms with van der Waals surface area (Å²) in [5.74, 6) is 2.79. The lowest BCUT2D eigenvalue weighted by molar-refractivity contribution is 0.180. The number of halogens is 1. The van der Waals surface area contributed by atoms with Gasteiger partial charge in [0.25, 0.3) is 0 Å². The molecule has 1 aromatic rings. The van der Waals surface area contributed by atoms with Gasteiger partial charge >= 0.3 is 0 Å². The highest BCUT2D eigenvalue weighted by Gasteiger charge is 2.40. The molecule has 21 heavy (non-hydrogen) atoms. The first-order valence-electron chi connectivity index (χ1n) is 8.10. The van der Waals surface area contributed by atoms with Crippen LogP contribution in [0, 0.1) is 17.8 Å². The fourth-order valence-electron chi connectivity index (χ4n) is 4.41. The van der Waals surface area contributed by atoms with Crippen molar-refractivity contribution in [2.75, 3.05) is 20.8 Å². The van der Waals surface area contributed by atoms with E-state index in [4.69, 9.17) is 16.3 Å². The third kappa shape index (κ3) is 3.13. The van der Waals surface area contributed by atoms with E-state index in [1.807, 2.05) is 11.7 Å². The molecule has 4 atom stereocenters. The molecule has 1 aromatic heterocycles. The van der Waals surface area contributed by atoms with Crippen LogP contribution in [0.2, 0.25) is 5.02 Å². The Morgan fingerprint density at radius 1 is 1.48 bits per heavy atom. The molecular formula is C16H26ClN3O. The summed E-state index contributed by atoms with van der Waals surface area (Å²) in [6, 6.07) is 0.293. The van der Waals surface area contributed by atoms with Crippen LogP contribution in [0.5, 0.6) is 0 Å². The monoisotopic (exact) mass is 311 g/mol. The summed E-state index contributed by atoms with van der Waals surface area (Å²) in [5.41, 5.74) is 1.12. The van der Waals surface area contributed by atoms with Gasteiger partial charge in [0.15, 0.2) is 0 Å². The van der Waals surface area contributed by atoms with Gasteiger partial charge in [-0.3, -0.25) is 4.68 Å². The fraction of sp³-hybridized carbons (Fsp3) is 0.812. The van der Waals surface area contributed by atoms with Crippen LogP contribution in [0.25, 0.3) is 0 Å². The lowest BCUT2D eigenvalue weighted by atomic mass is 9.83. The van der Waals surface area contributed by atoms with Crippen LogP contribution >= 0.6 is 11.6 Å². The van der Waals surface area contributed by atoms with Crippen LogP contribution in [0.1, 0.15) is 43.8 Å². The molecule has 0 radical (unpaired) electrons. The van der Waals surface area contributed by atoms with Crippen molar-refractivity contribution in [1.29, 1.82) is 0 Å². The molecule has 2 saturated carbocycles. The van der Waals surface area contributed by atoms with Crippen molar-refractivity contribution in [2.24, 2.45) is 17.8 Å². The lowest BCUT2D eigenvalue weighted by Crippen LogP contribution is -2.26. The number of ether oxygens (including phenoxy) is 1. The first-order valence-corrected chi connectivity index (χ1v) is 8.48. The first-order chi connectivity index (χ1) is 10.2. The zero-order chi connectivity index (χ0) is 14.8. The van der Waals surface area contributed by atoms with Gasteiger partial charge in [0.1, 0.15) is 0 Å². The van der Waals surface area contributed by atoms with E-state index in [9.17, 15) is 0 Å². The van der Waals surface area contributed by atoms with Crippen molar-refractivity contribution in [3.8, 4) is 0 Å². The zero-order valence-electron chi connectivity index (χ0n) is 13.0. The summed E-state index contributed by atoms with van der Waals surface area (Å²) in [4.78, 5) is 0. The van der Waals surface area contributed by atoms with Crippen LogP contribution in [0.4, 0.5) is 0 Å². The van der Waals surface area contributed by atoms with Crippen molar-refractivity contribution >= 4 is 11.6 Å². The average molecular weight is 312 g/mol. The number of fused-ring (bicyclic) bond motifs is 2. The van der Waals surface area contributed by atoms with Crippen molar-refractivity contribution in [1.82, 2.24) is 15.1 Å². The number of hydrogen-bond acceptors (Lipinski definition) is 3. The predicted molar refractivity (Wildman–Crippen MR) is 84.5 cm³/mol. The van der Waals surface area contributed by atoms with E-state index in [2.05, 4.69) is 10.4 Å². The Labute approximate surface area is 132 Å². The van der Waals surface area contributed by atoms with Crippen molar-refractivity contribution < 1.29 is 4.74 Å². The fourth-order valence-corrected chi connectivity index (χ4v) is 4.68. The Morgan fingerprint density at radius 2 is 2.33 bits per heavy atom. The standard InChI is InChI=1S/C16H26ClN3O/c1-18-15(9-13-8-11-3-4-12(13)7-11)16-14(17)10-19-20(16)5-6-21-2/h10-13,15,18H,3-9H2,1-2H3. The molecule has 5 heteroatoms. The number of methoxy groups -OCH3 is 1. The second-order valence-electron chi connectivity index (χ2n) is 6.61. The highest BCUT2D eigenvalue weighted by atomic mass is 35.5. The molecule has 118 valence electrons. The van der Waals surface area contributed by atoms with Crippen molar-refractivity contribution in [3.63, 3.8) is 0 Å². The largest absolute Gasteiger partial charge is 0.383 e. The van der Waals surface area contributed by atoms with Crippen molar-refractivity contribution in [3.05, 3.63) is 16.9 Å². The van der Waals surface area contributed by atoms with E-state index in [0.29, 0.717) is 12.6 Å². The van der Waals surface area contributed by atoms with Gasteiger partial charge in [-0.05, 0) is 50.5 Å². The molecule has 0 amide bonds. The van der Waals surface area contributed by atoms with Crippen LogP contribution in [-0.2, 0) is 11.3 Å². The van der Waals surface area contributed by atoms with E-state index < -0.39 is 0 Å². The van der Waals surface area contributed by atoms with E-state index in [-0.39, 0.29) is 0 Å². The van der Waals surface area contributed by atoms with Crippen LogP contribution in [0.3, 0.4) is 0 Å². The molecule has 4 nitrogen and oxygen atoms in total. The zero-order valence-corrected chi connectivity index (χ0v) is 13.8. The third-order valence-corrected chi connectivity index (χ3v) is 5.73. The van der Waals surface area contributed by atoms with E-state index in [1.54, 1.807) is 13.3 Å². The van der Waals surface area contributed by atoms with Gasteiger partial charge < -0.3 is 10.1 Å². The van der Waals surface area contributed by atoms with Gasteiger partial charge in [-0.25, -0.2) is 0 Å². The second-order valence-corrected chi connectivity index (χ2v) is 7.01. The Morgan fingerprint density at radius 3 is 2.95 bits per heavy atom. The molecule has 1 N–H and O–H groups in total. The maximum Gasteiger partial charge on any atom is 0.0834 e. The Bertz CT molecular complexity index is 476. The SMILES string of the molecule is CNC(CC1CC2CCC1C2)c1c(Cl)cnn1CCOC. The molecule has 2 aliphatic carbocycles. The van der Waals surface area contributed by atoms with E-state index in [0.717, 1.165) is 35.0 Å². The molecule has 4 unspecified atom stereocenters. The first kappa shape index (κ1) is 15.3. The topological polar surface area (TPSA) is 39.1 Å². The van der Waals surface area contributed by atoms with Crippen molar-refractivity contribution in [2.45, 2.75) is 44.7 Å². The number of aromatic nitrogens is 2. The minimum atomic E-state index is 0.293. The van der Waals surface area contributed by atoms with Gasteiger partial charge in [0.2, 0.25) is 0 Å². The van der Waals surface area contributed by atoms with Gasteiger partial charge in [-0.15, -0.1) is 0 Å². The molecule has 1 heterocycles. The summed E-state index contributed by atoms with van der Waals surface area (Å²) in [5, 5.41) is 8.64. The predicted octanol–water partition coefficient (Wildman–Crippen LogP) is 3.27. The summed E-state index contributed by atoms with van der Waals surface area (Å²) in [7, 11) is 3.75. The maximum absolute atomic E-state index is 6.40. The summed E-state index contributed by atoms with van der Waals surface area (Å²) in [6.07, 6.45) is 8.69. The summed E-state index contributed by atoms with van der Waals surface area (Å²) >= 11 is 6.40. The van der Waals surface area contributed by atoms with Crippen LogP contribution in [0.15, 0.2) is 6.20 Å². The molecule has 2 aliphatic rings. The third-order valence-electron chi connectivity index (χ3n) is 5.44. The van der Waals surface area contributed by atoms with Gasteiger partial charge in [-0.1, -0.05) is 18.0 Å². The van der Waals surface area contributed by atoms with Gasteiger partial charge in [-0.2, -0.15) is 5.10 Å². The number of hydrogen-bond donors (Lipinski definition) is 1. The highest BCUT2D eigenvalue weighted by Crippen LogP contribution is 2.51. The highest BCUT2D eigenvalue weighted by molar-refractivity contribution is 6.31. The molecule has 0 saturated heterocycles. The van der Waals surface area contributed by atoms with Gasteiger partial charge in [0.05, 0.1) is 36.1 Å². The Balaban J connectivity index is 1.72. The minimum Gasteiger partial charge on any atom is -0.383 e. The molecule has 2 bridgehead atoms.